The summed E-state index contributed by atoms with van der Waals surface area (Å²) in [5, 5.41) is 5.58. The molecule has 1 aliphatic carbocycles. The normalized spacial score (nSPS) is 19.8. The van der Waals surface area contributed by atoms with Gasteiger partial charge in [-0.15, -0.1) is 0 Å². The molecule has 1 heterocycles. The largest absolute Gasteiger partial charge is 0.352 e. The highest BCUT2D eigenvalue weighted by Crippen LogP contribution is 2.17. The van der Waals surface area contributed by atoms with Crippen molar-refractivity contribution in [2.24, 2.45) is 0 Å². The van der Waals surface area contributed by atoms with Crippen molar-refractivity contribution in [1.82, 2.24) is 14.9 Å². The first-order valence-corrected chi connectivity index (χ1v) is 11.6. The molecular formula is C18H33N3O4S. The zero-order chi connectivity index (χ0) is 18.8. The van der Waals surface area contributed by atoms with Gasteiger partial charge >= 0.3 is 0 Å². The molecule has 150 valence electrons. The molecule has 2 aliphatic rings. The van der Waals surface area contributed by atoms with Gasteiger partial charge in [0.15, 0.2) is 0 Å². The van der Waals surface area contributed by atoms with Gasteiger partial charge in [-0.3, -0.25) is 9.59 Å². The van der Waals surface area contributed by atoms with Gasteiger partial charge in [0.2, 0.25) is 21.8 Å². The molecule has 0 atom stereocenters. The van der Waals surface area contributed by atoms with E-state index in [9.17, 15) is 18.0 Å². The Morgan fingerprint density at radius 3 is 2.23 bits per heavy atom. The van der Waals surface area contributed by atoms with Crippen LogP contribution in [-0.2, 0) is 19.6 Å². The lowest BCUT2D eigenvalue weighted by Gasteiger charge is -2.25. The van der Waals surface area contributed by atoms with Gasteiger partial charge in [-0.1, -0.05) is 25.7 Å². The van der Waals surface area contributed by atoms with Crippen molar-refractivity contribution >= 4 is 21.8 Å². The van der Waals surface area contributed by atoms with Crippen LogP contribution in [0.1, 0.15) is 70.6 Å². The Hall–Kier alpha value is -1.15. The van der Waals surface area contributed by atoms with Crippen LogP contribution in [0.4, 0.5) is 0 Å². The van der Waals surface area contributed by atoms with Crippen molar-refractivity contribution in [1.29, 1.82) is 0 Å². The first-order chi connectivity index (χ1) is 12.5. The van der Waals surface area contributed by atoms with Crippen LogP contribution in [0, 0.1) is 0 Å². The lowest BCUT2D eigenvalue weighted by Crippen LogP contribution is -2.42. The van der Waals surface area contributed by atoms with E-state index in [1.807, 2.05) is 0 Å². The van der Waals surface area contributed by atoms with Gasteiger partial charge in [-0.05, 0) is 38.5 Å². The third-order valence-electron chi connectivity index (χ3n) is 5.18. The Bertz CT molecular complexity index is 553. The Morgan fingerprint density at radius 2 is 1.54 bits per heavy atom. The molecule has 1 saturated heterocycles. The van der Waals surface area contributed by atoms with E-state index in [2.05, 4.69) is 10.6 Å². The van der Waals surface area contributed by atoms with Gasteiger partial charge in [0.25, 0.3) is 0 Å². The number of rotatable bonds is 9. The van der Waals surface area contributed by atoms with Crippen LogP contribution in [0.5, 0.6) is 0 Å². The number of unbranched alkanes of at least 4 members (excludes halogenated alkanes) is 1. The highest BCUT2D eigenvalue weighted by atomic mass is 32.2. The van der Waals surface area contributed by atoms with Gasteiger partial charge in [0.1, 0.15) is 0 Å². The second kappa shape index (κ2) is 10.9. The minimum absolute atomic E-state index is 0.00140. The molecule has 8 heteroatoms. The molecule has 26 heavy (non-hydrogen) atoms. The number of piperidine rings is 1. The van der Waals surface area contributed by atoms with Crippen molar-refractivity contribution in [3.05, 3.63) is 0 Å². The van der Waals surface area contributed by atoms with Gasteiger partial charge < -0.3 is 10.6 Å². The zero-order valence-electron chi connectivity index (χ0n) is 15.7. The van der Waals surface area contributed by atoms with Gasteiger partial charge in [0, 0.05) is 25.6 Å². The second-order valence-electron chi connectivity index (χ2n) is 7.41. The van der Waals surface area contributed by atoms with Crippen molar-refractivity contribution in [2.75, 3.05) is 25.4 Å². The zero-order valence-corrected chi connectivity index (χ0v) is 16.5. The second-order valence-corrected chi connectivity index (χ2v) is 9.50. The molecular weight excluding hydrogens is 354 g/mol. The van der Waals surface area contributed by atoms with E-state index in [0.717, 1.165) is 44.9 Å². The van der Waals surface area contributed by atoms with E-state index in [1.54, 1.807) is 4.31 Å². The van der Waals surface area contributed by atoms with Gasteiger partial charge in [-0.25, -0.2) is 12.7 Å². The number of hydrogen-bond donors (Lipinski definition) is 2. The van der Waals surface area contributed by atoms with Crippen LogP contribution in [-0.4, -0.2) is 56.0 Å². The number of carbonyl (C=O) groups is 2. The molecule has 1 aliphatic heterocycles. The molecule has 2 fully saturated rings. The lowest BCUT2D eigenvalue weighted by molar-refractivity contribution is -0.126. The van der Waals surface area contributed by atoms with Crippen LogP contribution in [0.25, 0.3) is 0 Å². The predicted molar refractivity (Wildman–Crippen MR) is 101 cm³/mol. The molecule has 0 unspecified atom stereocenters. The average Bonchev–Trinajstić information content (AvgIpc) is 2.65. The van der Waals surface area contributed by atoms with Crippen LogP contribution in [0.2, 0.25) is 0 Å². The van der Waals surface area contributed by atoms with Crippen molar-refractivity contribution < 1.29 is 18.0 Å². The van der Waals surface area contributed by atoms with E-state index in [0.29, 0.717) is 25.9 Å². The number of sulfonamides is 1. The summed E-state index contributed by atoms with van der Waals surface area (Å²) in [7, 11) is -3.19. The maximum atomic E-state index is 12.2. The van der Waals surface area contributed by atoms with Crippen molar-refractivity contribution in [3.8, 4) is 0 Å². The van der Waals surface area contributed by atoms with Crippen LogP contribution < -0.4 is 10.6 Å². The minimum atomic E-state index is -3.19. The minimum Gasteiger partial charge on any atom is -0.352 e. The third kappa shape index (κ3) is 7.61. The summed E-state index contributed by atoms with van der Waals surface area (Å²) in [5.41, 5.74) is 0. The molecule has 2 N–H and O–H groups in total. The summed E-state index contributed by atoms with van der Waals surface area (Å²) < 4.78 is 26.0. The van der Waals surface area contributed by atoms with Crippen LogP contribution in [0.3, 0.4) is 0 Å². The average molecular weight is 388 g/mol. The fourth-order valence-corrected chi connectivity index (χ4v) is 5.28. The molecule has 0 bridgehead atoms. The fourth-order valence-electron chi connectivity index (χ4n) is 3.64. The Morgan fingerprint density at radius 1 is 0.885 bits per heavy atom. The number of hydrogen-bond acceptors (Lipinski definition) is 4. The molecule has 0 aromatic rings. The Kier molecular flexibility index (Phi) is 8.84. The van der Waals surface area contributed by atoms with E-state index in [1.165, 1.54) is 6.42 Å². The first-order valence-electron chi connectivity index (χ1n) is 10.0. The highest BCUT2D eigenvalue weighted by molar-refractivity contribution is 7.89. The van der Waals surface area contributed by atoms with E-state index in [-0.39, 0.29) is 36.6 Å². The summed E-state index contributed by atoms with van der Waals surface area (Å²) in [6.45, 7) is 1.25. The summed E-state index contributed by atoms with van der Waals surface area (Å²) in [6.07, 6.45) is 9.79. The number of nitrogens with zero attached hydrogens (tertiary/aromatic N) is 1. The summed E-state index contributed by atoms with van der Waals surface area (Å²) >= 11 is 0. The lowest BCUT2D eigenvalue weighted by atomic mass is 9.95. The topological polar surface area (TPSA) is 95.6 Å². The molecule has 2 amide bonds. The van der Waals surface area contributed by atoms with Crippen molar-refractivity contribution in [2.45, 2.75) is 76.7 Å². The molecule has 0 aromatic carbocycles. The standard InChI is InChI=1S/C18H33N3O4S/c22-17(19-15-18(23)20-16-9-3-1-4-10-16)11-5-8-14-26(24,25)21-12-6-2-7-13-21/h16H,1-15H2,(H,19,22)(H,20,23). The molecule has 7 nitrogen and oxygen atoms in total. The first kappa shape index (κ1) is 21.2. The Balaban J connectivity index is 1.54. The van der Waals surface area contributed by atoms with Crippen LogP contribution >= 0.6 is 0 Å². The number of amides is 2. The third-order valence-corrected chi connectivity index (χ3v) is 7.14. The maximum Gasteiger partial charge on any atom is 0.239 e. The summed E-state index contributed by atoms with van der Waals surface area (Å²) in [5.74, 6) is -0.236. The SMILES string of the molecule is O=C(CCCCS(=O)(=O)N1CCCCC1)NCC(=O)NC1CCCCC1. The summed E-state index contributed by atoms with van der Waals surface area (Å²) in [6, 6.07) is 0.244. The van der Waals surface area contributed by atoms with E-state index >= 15 is 0 Å². The van der Waals surface area contributed by atoms with Gasteiger partial charge in [-0.2, -0.15) is 0 Å². The van der Waals surface area contributed by atoms with Crippen LogP contribution in [0.15, 0.2) is 0 Å². The predicted octanol–water partition coefficient (Wildman–Crippen LogP) is 1.54. The smallest absolute Gasteiger partial charge is 0.239 e. The molecule has 0 radical (unpaired) electrons. The number of carbonyl (C=O) groups excluding carboxylic acids is 2. The number of nitrogens with one attached hydrogen (secondary N) is 2. The molecule has 2 rings (SSSR count). The van der Waals surface area contributed by atoms with Gasteiger partial charge in [0.05, 0.1) is 12.3 Å². The van der Waals surface area contributed by atoms with Crippen molar-refractivity contribution in [3.63, 3.8) is 0 Å². The molecule has 1 saturated carbocycles. The molecule has 0 aromatic heterocycles. The molecule has 0 spiro atoms. The fraction of sp³-hybridized carbons (Fsp3) is 0.889. The summed E-state index contributed by atoms with van der Waals surface area (Å²) in [4.78, 5) is 23.7. The van der Waals surface area contributed by atoms with E-state index < -0.39 is 10.0 Å². The quantitative estimate of drug-likeness (QED) is 0.587. The monoisotopic (exact) mass is 387 g/mol. The maximum absolute atomic E-state index is 12.2. The van der Waals surface area contributed by atoms with E-state index in [4.69, 9.17) is 0 Å². The highest BCUT2D eigenvalue weighted by Gasteiger charge is 2.23. The Labute approximate surface area is 157 Å².